The highest BCUT2D eigenvalue weighted by Gasteiger charge is 2.13. The van der Waals surface area contributed by atoms with E-state index in [1.165, 1.54) is 0 Å². The minimum atomic E-state index is -3.30. The Kier molecular flexibility index (Phi) is 5.08. The Morgan fingerprint density at radius 1 is 1.16 bits per heavy atom. The number of sulfonamides is 1. The first-order chi connectivity index (χ1) is 12.0. The van der Waals surface area contributed by atoms with Crippen LogP contribution < -0.4 is 4.72 Å². The summed E-state index contributed by atoms with van der Waals surface area (Å²) in [7, 11) is -3.30. The Morgan fingerprint density at radius 3 is 2.76 bits per heavy atom. The van der Waals surface area contributed by atoms with Gasteiger partial charge < -0.3 is 4.98 Å². The molecule has 1 aromatic carbocycles. The molecule has 2 aromatic heterocycles. The number of aromatic nitrogens is 2. The molecule has 0 aliphatic heterocycles. The van der Waals surface area contributed by atoms with Crippen molar-refractivity contribution in [2.24, 2.45) is 0 Å². The molecule has 132 valence electrons. The Morgan fingerprint density at radius 2 is 2.00 bits per heavy atom. The minimum absolute atomic E-state index is 0.155. The zero-order valence-corrected chi connectivity index (χ0v) is 15.4. The maximum atomic E-state index is 12.2. The Bertz CT molecular complexity index is 977. The standard InChI is InChI=1S/C19H23N3O2S/c1-3-5-12-25(23,24)22-18-7-6-15(13-14(18)4-2)16-8-10-20-19-17(16)9-11-21-19/h6-11,13,22H,3-5,12H2,1-2H3,(H,20,21). The van der Waals surface area contributed by atoms with E-state index < -0.39 is 10.0 Å². The highest BCUT2D eigenvalue weighted by molar-refractivity contribution is 7.92. The number of aryl methyl sites for hydroxylation is 1. The molecule has 0 bridgehead atoms. The number of rotatable bonds is 7. The second-order valence-corrected chi connectivity index (χ2v) is 7.94. The lowest BCUT2D eigenvalue weighted by atomic mass is 9.99. The van der Waals surface area contributed by atoms with Crippen LogP contribution in [0.25, 0.3) is 22.2 Å². The van der Waals surface area contributed by atoms with Crippen molar-refractivity contribution in [3.8, 4) is 11.1 Å². The number of anilines is 1. The molecule has 0 saturated heterocycles. The van der Waals surface area contributed by atoms with Gasteiger partial charge in [-0.25, -0.2) is 13.4 Å². The van der Waals surface area contributed by atoms with E-state index in [0.29, 0.717) is 12.1 Å². The molecule has 0 fully saturated rings. The van der Waals surface area contributed by atoms with Gasteiger partial charge in [0.15, 0.2) is 0 Å². The molecule has 0 amide bonds. The van der Waals surface area contributed by atoms with Crippen LogP contribution in [0.2, 0.25) is 0 Å². The number of hydrogen-bond donors (Lipinski definition) is 2. The van der Waals surface area contributed by atoms with Crippen molar-refractivity contribution in [1.82, 2.24) is 9.97 Å². The SMILES string of the molecule is CCCCS(=O)(=O)Nc1ccc(-c2ccnc3[nH]ccc23)cc1CC. The molecule has 0 spiro atoms. The van der Waals surface area contributed by atoms with Gasteiger partial charge in [-0.2, -0.15) is 0 Å². The topological polar surface area (TPSA) is 74.8 Å². The van der Waals surface area contributed by atoms with E-state index in [1.54, 1.807) is 6.20 Å². The van der Waals surface area contributed by atoms with Crippen LogP contribution in [0.4, 0.5) is 5.69 Å². The molecule has 6 heteroatoms. The zero-order chi connectivity index (χ0) is 17.9. The quantitative estimate of drug-likeness (QED) is 0.661. The highest BCUT2D eigenvalue weighted by Crippen LogP contribution is 2.30. The fourth-order valence-electron chi connectivity index (χ4n) is 2.92. The predicted molar refractivity (Wildman–Crippen MR) is 103 cm³/mol. The monoisotopic (exact) mass is 357 g/mol. The minimum Gasteiger partial charge on any atom is -0.346 e. The average molecular weight is 357 g/mol. The lowest BCUT2D eigenvalue weighted by molar-refractivity contribution is 0.598. The number of unbranched alkanes of at least 4 members (excludes halogenated alkanes) is 1. The number of fused-ring (bicyclic) bond motifs is 1. The number of nitrogens with zero attached hydrogens (tertiary/aromatic N) is 1. The second-order valence-electron chi connectivity index (χ2n) is 6.10. The Balaban J connectivity index is 1.96. The van der Waals surface area contributed by atoms with Gasteiger partial charge in [0.1, 0.15) is 5.65 Å². The third-order valence-electron chi connectivity index (χ3n) is 4.29. The van der Waals surface area contributed by atoms with Crippen LogP contribution in [0.1, 0.15) is 32.3 Å². The molecule has 0 unspecified atom stereocenters. The third kappa shape index (κ3) is 3.85. The van der Waals surface area contributed by atoms with E-state index in [4.69, 9.17) is 0 Å². The zero-order valence-electron chi connectivity index (χ0n) is 14.5. The normalized spacial score (nSPS) is 11.8. The van der Waals surface area contributed by atoms with E-state index in [2.05, 4.69) is 20.8 Å². The predicted octanol–water partition coefficient (Wildman–Crippen LogP) is 4.33. The van der Waals surface area contributed by atoms with Gasteiger partial charge in [0.05, 0.1) is 11.4 Å². The van der Waals surface area contributed by atoms with Crippen LogP contribution in [0.3, 0.4) is 0 Å². The smallest absolute Gasteiger partial charge is 0.232 e. The van der Waals surface area contributed by atoms with E-state index >= 15 is 0 Å². The summed E-state index contributed by atoms with van der Waals surface area (Å²) in [5.41, 5.74) is 4.64. The highest BCUT2D eigenvalue weighted by atomic mass is 32.2. The van der Waals surface area contributed by atoms with Crippen LogP contribution >= 0.6 is 0 Å². The Hall–Kier alpha value is -2.34. The molecule has 3 rings (SSSR count). The van der Waals surface area contributed by atoms with Gasteiger partial charge in [0.2, 0.25) is 10.0 Å². The number of nitrogens with one attached hydrogen (secondary N) is 2. The van der Waals surface area contributed by atoms with E-state index in [0.717, 1.165) is 40.6 Å². The van der Waals surface area contributed by atoms with Gasteiger partial charge in [0, 0.05) is 17.8 Å². The van der Waals surface area contributed by atoms with Gasteiger partial charge in [-0.1, -0.05) is 26.3 Å². The average Bonchev–Trinajstić information content (AvgIpc) is 3.09. The lowest BCUT2D eigenvalue weighted by Crippen LogP contribution is -2.17. The second kappa shape index (κ2) is 7.27. The molecule has 2 heterocycles. The summed E-state index contributed by atoms with van der Waals surface area (Å²) in [5.74, 6) is 0.155. The molecule has 0 aliphatic rings. The van der Waals surface area contributed by atoms with Gasteiger partial charge in [-0.3, -0.25) is 4.72 Å². The number of aromatic amines is 1. The van der Waals surface area contributed by atoms with Gasteiger partial charge in [-0.15, -0.1) is 0 Å². The molecular formula is C19H23N3O2S. The van der Waals surface area contributed by atoms with Crippen LogP contribution in [0, 0.1) is 0 Å². The molecular weight excluding hydrogens is 334 g/mol. The van der Waals surface area contributed by atoms with Crippen LogP contribution in [-0.4, -0.2) is 24.1 Å². The van der Waals surface area contributed by atoms with E-state index in [1.807, 2.05) is 44.3 Å². The molecule has 0 aliphatic carbocycles. The van der Waals surface area contributed by atoms with Crippen LogP contribution in [0.5, 0.6) is 0 Å². The molecule has 25 heavy (non-hydrogen) atoms. The maximum absolute atomic E-state index is 12.2. The van der Waals surface area contributed by atoms with Crippen LogP contribution in [0.15, 0.2) is 42.7 Å². The van der Waals surface area contributed by atoms with Crippen molar-refractivity contribution >= 4 is 26.7 Å². The number of benzene rings is 1. The molecule has 0 radical (unpaired) electrons. The summed E-state index contributed by atoms with van der Waals surface area (Å²) in [6, 6.07) is 9.86. The molecule has 0 saturated carbocycles. The van der Waals surface area contributed by atoms with Gasteiger partial charge >= 0.3 is 0 Å². The summed E-state index contributed by atoms with van der Waals surface area (Å²) in [5, 5.41) is 1.06. The van der Waals surface area contributed by atoms with Crippen molar-refractivity contribution in [1.29, 1.82) is 0 Å². The summed E-state index contributed by atoms with van der Waals surface area (Å²) < 4.78 is 27.1. The van der Waals surface area contributed by atoms with E-state index in [-0.39, 0.29) is 5.75 Å². The van der Waals surface area contributed by atoms with Gasteiger partial charge in [0.25, 0.3) is 0 Å². The first-order valence-electron chi connectivity index (χ1n) is 8.60. The van der Waals surface area contributed by atoms with Crippen molar-refractivity contribution in [2.75, 3.05) is 10.5 Å². The number of hydrogen-bond acceptors (Lipinski definition) is 3. The molecule has 0 atom stereocenters. The molecule has 5 nitrogen and oxygen atoms in total. The summed E-state index contributed by atoms with van der Waals surface area (Å²) in [4.78, 5) is 7.43. The number of H-pyrrole nitrogens is 1. The summed E-state index contributed by atoms with van der Waals surface area (Å²) in [6.07, 6.45) is 5.92. The fourth-order valence-corrected chi connectivity index (χ4v) is 4.22. The van der Waals surface area contributed by atoms with Gasteiger partial charge in [-0.05, 0) is 53.8 Å². The lowest BCUT2D eigenvalue weighted by Gasteiger charge is -2.14. The first kappa shape index (κ1) is 17.5. The van der Waals surface area contributed by atoms with Crippen molar-refractivity contribution in [2.45, 2.75) is 33.1 Å². The van der Waals surface area contributed by atoms with Crippen LogP contribution in [-0.2, 0) is 16.4 Å². The number of pyridine rings is 1. The third-order valence-corrected chi connectivity index (χ3v) is 5.65. The fraction of sp³-hybridized carbons (Fsp3) is 0.316. The summed E-state index contributed by atoms with van der Waals surface area (Å²) >= 11 is 0. The first-order valence-corrected chi connectivity index (χ1v) is 10.2. The van der Waals surface area contributed by atoms with E-state index in [9.17, 15) is 8.42 Å². The molecule has 3 aromatic rings. The maximum Gasteiger partial charge on any atom is 0.232 e. The van der Waals surface area contributed by atoms with Crippen molar-refractivity contribution in [3.05, 3.63) is 48.3 Å². The Labute approximate surface area is 148 Å². The van der Waals surface area contributed by atoms with Crippen molar-refractivity contribution in [3.63, 3.8) is 0 Å². The molecule has 2 N–H and O–H groups in total. The van der Waals surface area contributed by atoms with Crippen molar-refractivity contribution < 1.29 is 8.42 Å². The largest absolute Gasteiger partial charge is 0.346 e. The summed E-state index contributed by atoms with van der Waals surface area (Å²) in [6.45, 7) is 4.01.